The highest BCUT2D eigenvalue weighted by Crippen LogP contribution is 2.24. The number of phenolic OH excluding ortho intramolecular Hbond substituents is 1. The summed E-state index contributed by atoms with van der Waals surface area (Å²) in [4.78, 5) is 7.51. The van der Waals surface area contributed by atoms with E-state index < -0.39 is 0 Å². The largest absolute Gasteiger partial charge is 0.508 e. The molecule has 2 aromatic heterocycles. The molecule has 6 nitrogen and oxygen atoms in total. The van der Waals surface area contributed by atoms with E-state index in [1.165, 1.54) is 0 Å². The van der Waals surface area contributed by atoms with Crippen LogP contribution in [0.25, 0.3) is 10.9 Å². The van der Waals surface area contributed by atoms with Crippen molar-refractivity contribution in [2.45, 2.75) is 32.5 Å². The van der Waals surface area contributed by atoms with Gasteiger partial charge in [0, 0.05) is 35.2 Å². The van der Waals surface area contributed by atoms with Crippen molar-refractivity contribution in [2.75, 3.05) is 5.73 Å². The van der Waals surface area contributed by atoms with Crippen LogP contribution in [0.2, 0.25) is 0 Å². The molecule has 0 aliphatic carbocycles. The lowest BCUT2D eigenvalue weighted by Gasteiger charge is -2.15. The first-order valence-electron chi connectivity index (χ1n) is 7.94. The van der Waals surface area contributed by atoms with E-state index in [4.69, 9.17) is 5.73 Å². The molecule has 3 aromatic rings. The van der Waals surface area contributed by atoms with E-state index in [1.54, 1.807) is 24.3 Å². The van der Waals surface area contributed by atoms with Gasteiger partial charge in [-0.1, -0.05) is 6.07 Å². The van der Waals surface area contributed by atoms with Gasteiger partial charge in [-0.2, -0.15) is 0 Å². The Kier molecular flexibility index (Phi) is 8.17. The SMILES string of the molecule is C[C@H](Cc1c[nH]c2ccc(O)cc12)NCc1nc(N)ccc1CO.Cl.Cl. The van der Waals surface area contributed by atoms with Crippen molar-refractivity contribution in [1.29, 1.82) is 0 Å². The van der Waals surface area contributed by atoms with Crippen molar-refractivity contribution in [3.8, 4) is 5.75 Å². The molecule has 0 amide bonds. The van der Waals surface area contributed by atoms with Gasteiger partial charge in [0.1, 0.15) is 11.6 Å². The van der Waals surface area contributed by atoms with Crippen LogP contribution in [0.3, 0.4) is 0 Å². The molecule has 0 spiro atoms. The number of hydrogen-bond donors (Lipinski definition) is 5. The van der Waals surface area contributed by atoms with Crippen LogP contribution >= 0.6 is 24.8 Å². The fraction of sp³-hybridized carbons (Fsp3) is 0.278. The number of H-pyrrole nitrogens is 1. The normalized spacial score (nSPS) is 11.6. The number of halogens is 2. The number of nitrogen functional groups attached to an aromatic ring is 1. The van der Waals surface area contributed by atoms with E-state index in [2.05, 4.69) is 22.2 Å². The number of benzene rings is 1. The summed E-state index contributed by atoms with van der Waals surface area (Å²) in [7, 11) is 0. The van der Waals surface area contributed by atoms with Crippen LogP contribution in [0, 0.1) is 0 Å². The molecule has 0 unspecified atom stereocenters. The molecule has 1 aromatic carbocycles. The molecule has 26 heavy (non-hydrogen) atoms. The second-order valence-electron chi connectivity index (χ2n) is 6.03. The fourth-order valence-electron chi connectivity index (χ4n) is 2.85. The van der Waals surface area contributed by atoms with Gasteiger partial charge < -0.3 is 26.2 Å². The summed E-state index contributed by atoms with van der Waals surface area (Å²) in [5, 5.41) is 23.5. The number of nitrogens with two attached hydrogens (primary N) is 1. The molecule has 8 heteroatoms. The third kappa shape index (κ3) is 5.02. The highest BCUT2D eigenvalue weighted by atomic mass is 35.5. The first-order chi connectivity index (χ1) is 11.6. The third-order valence-electron chi connectivity index (χ3n) is 4.16. The Morgan fingerprint density at radius 2 is 1.96 bits per heavy atom. The van der Waals surface area contributed by atoms with Gasteiger partial charge in [-0.25, -0.2) is 4.98 Å². The van der Waals surface area contributed by atoms with Crippen LogP contribution < -0.4 is 11.1 Å². The summed E-state index contributed by atoms with van der Waals surface area (Å²) in [5.41, 5.74) is 9.42. The van der Waals surface area contributed by atoms with Crippen molar-refractivity contribution in [1.82, 2.24) is 15.3 Å². The lowest BCUT2D eigenvalue weighted by atomic mass is 10.1. The van der Waals surface area contributed by atoms with E-state index in [0.717, 1.165) is 34.1 Å². The number of anilines is 1. The summed E-state index contributed by atoms with van der Waals surface area (Å²) >= 11 is 0. The number of aromatic nitrogens is 2. The van der Waals surface area contributed by atoms with Crippen LogP contribution in [0.5, 0.6) is 5.75 Å². The summed E-state index contributed by atoms with van der Waals surface area (Å²) < 4.78 is 0. The molecule has 0 aliphatic rings. The smallest absolute Gasteiger partial charge is 0.123 e. The zero-order valence-electron chi connectivity index (χ0n) is 14.4. The minimum atomic E-state index is -0.0552. The standard InChI is InChI=1S/C18H22N4O2.2ClH/c1-11(20-9-17-12(10-23)2-5-18(19)22-17)6-13-8-21-16-4-3-14(24)7-15(13)16;;/h2-5,7-8,11,20-21,23-24H,6,9-10H2,1H3,(H2,19,22);2*1H/t11-;;/m1../s1. The lowest BCUT2D eigenvalue weighted by molar-refractivity contribution is 0.279. The van der Waals surface area contributed by atoms with E-state index in [1.807, 2.05) is 12.3 Å². The molecule has 0 bridgehead atoms. The topological polar surface area (TPSA) is 107 Å². The molecule has 0 aliphatic heterocycles. The number of aliphatic hydroxyl groups excluding tert-OH is 1. The first-order valence-corrected chi connectivity index (χ1v) is 7.94. The molecule has 0 saturated carbocycles. The minimum Gasteiger partial charge on any atom is -0.508 e. The molecular weight excluding hydrogens is 375 g/mol. The maximum Gasteiger partial charge on any atom is 0.123 e. The highest BCUT2D eigenvalue weighted by molar-refractivity contribution is 5.86. The van der Waals surface area contributed by atoms with Gasteiger partial charge in [-0.3, -0.25) is 0 Å². The van der Waals surface area contributed by atoms with E-state index in [-0.39, 0.29) is 43.2 Å². The lowest BCUT2D eigenvalue weighted by Crippen LogP contribution is -2.28. The number of nitrogens with zero attached hydrogens (tertiary/aromatic N) is 1. The predicted molar refractivity (Wildman–Crippen MR) is 109 cm³/mol. The van der Waals surface area contributed by atoms with E-state index >= 15 is 0 Å². The molecule has 6 N–H and O–H groups in total. The minimum absolute atomic E-state index is 0. The van der Waals surface area contributed by atoms with Gasteiger partial charge in [0.25, 0.3) is 0 Å². The van der Waals surface area contributed by atoms with Gasteiger partial charge in [0.2, 0.25) is 0 Å². The maximum absolute atomic E-state index is 9.67. The monoisotopic (exact) mass is 398 g/mol. The summed E-state index contributed by atoms with van der Waals surface area (Å²) in [6.45, 7) is 2.57. The van der Waals surface area contributed by atoms with Gasteiger partial charge in [0.05, 0.1) is 12.3 Å². The number of aromatic hydroxyl groups is 1. The third-order valence-corrected chi connectivity index (χ3v) is 4.16. The summed E-state index contributed by atoms with van der Waals surface area (Å²) in [6.07, 6.45) is 2.78. The highest BCUT2D eigenvalue weighted by Gasteiger charge is 2.11. The molecule has 3 rings (SSSR count). The Morgan fingerprint density at radius 1 is 1.19 bits per heavy atom. The number of rotatable bonds is 6. The summed E-state index contributed by atoms with van der Waals surface area (Å²) in [6, 6.07) is 9.00. The van der Waals surface area contributed by atoms with Gasteiger partial charge in [-0.15, -0.1) is 24.8 Å². The quantitative estimate of drug-likeness (QED) is 0.438. The Morgan fingerprint density at radius 3 is 2.69 bits per heavy atom. The first kappa shape index (κ1) is 22.1. The zero-order valence-corrected chi connectivity index (χ0v) is 16.0. The Labute approximate surface area is 164 Å². The van der Waals surface area contributed by atoms with Gasteiger partial charge in [-0.05, 0) is 43.2 Å². The molecular formula is C18H24Cl2N4O2. The average molecular weight is 399 g/mol. The van der Waals surface area contributed by atoms with Crippen molar-refractivity contribution in [3.05, 3.63) is 53.3 Å². The number of aromatic amines is 1. The van der Waals surface area contributed by atoms with Gasteiger partial charge in [0.15, 0.2) is 0 Å². The molecule has 0 saturated heterocycles. The van der Waals surface area contributed by atoms with Crippen molar-refractivity contribution < 1.29 is 10.2 Å². The van der Waals surface area contributed by atoms with Crippen molar-refractivity contribution >= 4 is 41.5 Å². The van der Waals surface area contributed by atoms with E-state index in [9.17, 15) is 10.2 Å². The average Bonchev–Trinajstić information content (AvgIpc) is 2.95. The van der Waals surface area contributed by atoms with E-state index in [0.29, 0.717) is 12.4 Å². The predicted octanol–water partition coefficient (Wildman–Crippen LogP) is 2.91. The number of aliphatic hydroxyl groups is 1. The van der Waals surface area contributed by atoms with Crippen molar-refractivity contribution in [2.24, 2.45) is 0 Å². The van der Waals surface area contributed by atoms with Crippen LogP contribution in [0.4, 0.5) is 5.82 Å². The number of fused-ring (bicyclic) bond motifs is 1. The Balaban J connectivity index is 0.00000169. The Bertz CT molecular complexity index is 854. The van der Waals surface area contributed by atoms with Crippen molar-refractivity contribution in [3.63, 3.8) is 0 Å². The second kappa shape index (κ2) is 9.64. The zero-order chi connectivity index (χ0) is 17.1. The molecule has 0 fully saturated rings. The summed E-state index contributed by atoms with van der Waals surface area (Å²) in [5.74, 6) is 0.712. The fourth-order valence-corrected chi connectivity index (χ4v) is 2.85. The van der Waals surface area contributed by atoms with Crippen LogP contribution in [0.1, 0.15) is 23.7 Å². The maximum atomic E-state index is 9.67. The number of nitrogens with one attached hydrogen (secondary N) is 2. The Hall–Kier alpha value is -1.99. The van der Waals surface area contributed by atoms with Crippen LogP contribution in [0.15, 0.2) is 36.5 Å². The molecule has 142 valence electrons. The number of hydrogen-bond acceptors (Lipinski definition) is 5. The molecule has 0 radical (unpaired) electrons. The second-order valence-corrected chi connectivity index (χ2v) is 6.03. The van der Waals surface area contributed by atoms with Crippen LogP contribution in [-0.4, -0.2) is 26.2 Å². The molecule has 2 heterocycles. The number of phenols is 1. The number of pyridine rings is 1. The van der Waals surface area contributed by atoms with Crippen LogP contribution in [-0.2, 0) is 19.6 Å². The molecule has 1 atom stereocenters. The van der Waals surface area contributed by atoms with Gasteiger partial charge >= 0.3 is 0 Å².